The summed E-state index contributed by atoms with van der Waals surface area (Å²) in [6.07, 6.45) is -3.88. The van der Waals surface area contributed by atoms with Crippen molar-refractivity contribution in [2.45, 2.75) is 56.1 Å². The van der Waals surface area contributed by atoms with E-state index in [-0.39, 0.29) is 12.2 Å². The maximum Gasteiger partial charge on any atom is 0.319 e. The molecule has 11 heteroatoms. The lowest BCUT2D eigenvalue weighted by Gasteiger charge is -2.41. The lowest BCUT2D eigenvalue weighted by molar-refractivity contribution is -0.158. The van der Waals surface area contributed by atoms with Crippen molar-refractivity contribution in [2.24, 2.45) is 5.73 Å². The zero-order valence-corrected chi connectivity index (χ0v) is 19.1. The highest BCUT2D eigenvalue weighted by molar-refractivity contribution is 5.92. The number of phenols is 1. The summed E-state index contributed by atoms with van der Waals surface area (Å²) in [6.45, 7) is 1.89. The van der Waals surface area contributed by atoms with E-state index in [9.17, 15) is 34.8 Å². The Balaban J connectivity index is 1.68. The molecule has 1 aliphatic carbocycles. The number of urea groups is 1. The van der Waals surface area contributed by atoms with Crippen molar-refractivity contribution in [3.8, 4) is 5.75 Å². The van der Waals surface area contributed by atoms with E-state index >= 15 is 0 Å². The van der Waals surface area contributed by atoms with Crippen LogP contribution in [0.25, 0.3) is 0 Å². The molecule has 0 heterocycles. The molecule has 1 fully saturated rings. The second-order valence-corrected chi connectivity index (χ2v) is 8.87. The number of hydrogen-bond donors (Lipinski definition) is 8. The summed E-state index contributed by atoms with van der Waals surface area (Å²) in [5, 5.41) is 48.5. The fraction of sp³-hybridized carbons (Fsp3) is 0.375. The Morgan fingerprint density at radius 1 is 1.06 bits per heavy atom. The molecule has 0 saturated heterocycles. The summed E-state index contributed by atoms with van der Waals surface area (Å²) in [7, 11) is 0. The van der Waals surface area contributed by atoms with E-state index in [1.807, 2.05) is 6.92 Å². The van der Waals surface area contributed by atoms with Gasteiger partial charge in [0.25, 0.3) is 5.91 Å². The van der Waals surface area contributed by atoms with Crippen LogP contribution in [0, 0.1) is 6.92 Å². The SMILES string of the molecule is Cc1ccc(NC(=O)NC2CC(O)(C(=O)NC(Cc3ccc(O)cc3)C(N)=O)CC(O)C2O)cc1. The number of aromatic hydroxyl groups is 1. The number of anilines is 1. The maximum atomic E-state index is 13.0. The number of aryl methyl sites for hydroxylation is 1. The summed E-state index contributed by atoms with van der Waals surface area (Å²) >= 11 is 0. The van der Waals surface area contributed by atoms with Crippen molar-refractivity contribution >= 4 is 23.5 Å². The Morgan fingerprint density at radius 2 is 1.69 bits per heavy atom. The fourth-order valence-electron chi connectivity index (χ4n) is 3.98. The van der Waals surface area contributed by atoms with E-state index < -0.39 is 60.6 Å². The Bertz CT molecular complexity index is 1060. The van der Waals surface area contributed by atoms with Gasteiger partial charge in [0.2, 0.25) is 5.91 Å². The van der Waals surface area contributed by atoms with Crippen LogP contribution in [-0.2, 0) is 16.0 Å². The van der Waals surface area contributed by atoms with Crippen molar-refractivity contribution in [2.75, 3.05) is 5.32 Å². The van der Waals surface area contributed by atoms with Crippen LogP contribution >= 0.6 is 0 Å². The molecular weight excluding hydrogens is 456 g/mol. The number of amides is 4. The first-order valence-electron chi connectivity index (χ1n) is 11.1. The Kier molecular flexibility index (Phi) is 7.95. The normalized spacial score (nSPS) is 24.7. The monoisotopic (exact) mass is 486 g/mol. The van der Waals surface area contributed by atoms with Gasteiger partial charge in [-0.15, -0.1) is 0 Å². The van der Waals surface area contributed by atoms with E-state index in [4.69, 9.17) is 5.73 Å². The van der Waals surface area contributed by atoms with Crippen molar-refractivity contribution in [3.05, 3.63) is 59.7 Å². The molecule has 2 aromatic carbocycles. The third-order valence-electron chi connectivity index (χ3n) is 5.98. The number of aliphatic hydroxyl groups is 3. The summed E-state index contributed by atoms with van der Waals surface area (Å²) in [6, 6.07) is 9.86. The first kappa shape index (κ1) is 25.9. The highest BCUT2D eigenvalue weighted by Gasteiger charge is 2.49. The third kappa shape index (κ3) is 6.69. The molecule has 3 rings (SSSR count). The van der Waals surface area contributed by atoms with E-state index in [0.717, 1.165) is 5.56 Å². The minimum absolute atomic E-state index is 0.00322. The standard InChI is InChI=1S/C24H30N4O7/c1-13-2-6-15(7-3-13)26-23(34)28-18-11-24(35,12-19(30)20(18)31)22(33)27-17(21(25)32)10-14-4-8-16(29)9-5-14/h2-9,17-20,29-31,35H,10-12H2,1H3,(H2,25,32)(H,27,33)(H2,26,28,34). The topological polar surface area (TPSA) is 194 Å². The molecule has 5 unspecified atom stereocenters. The minimum Gasteiger partial charge on any atom is -0.508 e. The van der Waals surface area contributed by atoms with Gasteiger partial charge in [-0.2, -0.15) is 0 Å². The molecule has 0 radical (unpaired) electrons. The molecule has 1 saturated carbocycles. The maximum absolute atomic E-state index is 13.0. The van der Waals surface area contributed by atoms with Crippen LogP contribution in [0.3, 0.4) is 0 Å². The molecule has 11 nitrogen and oxygen atoms in total. The molecule has 0 spiro atoms. The molecule has 35 heavy (non-hydrogen) atoms. The van der Waals surface area contributed by atoms with E-state index in [2.05, 4.69) is 16.0 Å². The van der Waals surface area contributed by atoms with Crippen LogP contribution in [0.2, 0.25) is 0 Å². The Hall–Kier alpha value is -3.67. The summed E-state index contributed by atoms with van der Waals surface area (Å²) < 4.78 is 0. The lowest BCUT2D eigenvalue weighted by atomic mass is 9.77. The minimum atomic E-state index is -2.19. The van der Waals surface area contributed by atoms with Gasteiger partial charge >= 0.3 is 6.03 Å². The highest BCUT2D eigenvalue weighted by atomic mass is 16.3. The summed E-state index contributed by atoms with van der Waals surface area (Å²) in [5.74, 6) is -1.79. The second kappa shape index (κ2) is 10.7. The molecular formula is C24H30N4O7. The van der Waals surface area contributed by atoms with Crippen molar-refractivity contribution < 1.29 is 34.8 Å². The van der Waals surface area contributed by atoms with E-state index in [0.29, 0.717) is 11.3 Å². The first-order valence-corrected chi connectivity index (χ1v) is 11.1. The highest BCUT2D eigenvalue weighted by Crippen LogP contribution is 2.30. The van der Waals surface area contributed by atoms with E-state index in [1.54, 1.807) is 36.4 Å². The number of benzene rings is 2. The Labute approximate surface area is 202 Å². The number of primary amides is 1. The van der Waals surface area contributed by atoms with Crippen LogP contribution in [0.15, 0.2) is 48.5 Å². The molecule has 4 amide bonds. The van der Waals surface area contributed by atoms with Crippen LogP contribution in [-0.4, -0.2) is 68.2 Å². The van der Waals surface area contributed by atoms with Crippen LogP contribution in [0.5, 0.6) is 5.75 Å². The van der Waals surface area contributed by atoms with Crippen molar-refractivity contribution in [1.29, 1.82) is 0 Å². The average Bonchev–Trinajstić information content (AvgIpc) is 2.79. The molecule has 5 atom stereocenters. The smallest absolute Gasteiger partial charge is 0.319 e. The number of rotatable bonds is 7. The molecule has 9 N–H and O–H groups in total. The number of hydrogen-bond acceptors (Lipinski definition) is 7. The van der Waals surface area contributed by atoms with Crippen LogP contribution in [0.1, 0.15) is 24.0 Å². The first-order chi connectivity index (χ1) is 16.5. The number of aliphatic hydroxyl groups excluding tert-OH is 2. The van der Waals surface area contributed by atoms with Gasteiger partial charge in [0.05, 0.1) is 12.1 Å². The largest absolute Gasteiger partial charge is 0.508 e. The fourth-order valence-corrected chi connectivity index (χ4v) is 3.98. The molecule has 0 aliphatic heterocycles. The number of carbonyl (C=O) groups excluding carboxylic acids is 3. The van der Waals surface area contributed by atoms with Gasteiger partial charge in [-0.05, 0) is 36.8 Å². The predicted octanol–water partition coefficient (Wildman–Crippen LogP) is -0.350. The van der Waals surface area contributed by atoms with Gasteiger partial charge in [-0.3, -0.25) is 9.59 Å². The van der Waals surface area contributed by atoms with Crippen LogP contribution < -0.4 is 21.7 Å². The summed E-state index contributed by atoms with van der Waals surface area (Å²) in [5.41, 5.74) is 5.32. The van der Waals surface area contributed by atoms with Gasteiger partial charge in [-0.1, -0.05) is 29.8 Å². The summed E-state index contributed by atoms with van der Waals surface area (Å²) in [4.78, 5) is 37.3. The Morgan fingerprint density at radius 3 is 2.29 bits per heavy atom. The molecule has 0 bridgehead atoms. The van der Waals surface area contributed by atoms with E-state index in [1.165, 1.54) is 12.1 Å². The number of nitrogens with one attached hydrogen (secondary N) is 3. The van der Waals surface area contributed by atoms with Crippen molar-refractivity contribution in [1.82, 2.24) is 10.6 Å². The number of nitrogens with two attached hydrogens (primary N) is 1. The molecule has 188 valence electrons. The molecule has 0 aromatic heterocycles. The van der Waals surface area contributed by atoms with Crippen molar-refractivity contribution in [3.63, 3.8) is 0 Å². The molecule has 2 aromatic rings. The van der Waals surface area contributed by atoms with Gasteiger partial charge in [0.1, 0.15) is 23.5 Å². The second-order valence-electron chi connectivity index (χ2n) is 8.87. The van der Waals surface area contributed by atoms with Gasteiger partial charge < -0.3 is 42.1 Å². The predicted molar refractivity (Wildman–Crippen MR) is 126 cm³/mol. The zero-order valence-electron chi connectivity index (χ0n) is 19.1. The average molecular weight is 487 g/mol. The number of carbonyl (C=O) groups is 3. The van der Waals surface area contributed by atoms with Gasteiger partial charge in [0, 0.05) is 24.9 Å². The zero-order chi connectivity index (χ0) is 25.8. The lowest BCUT2D eigenvalue weighted by Crippen LogP contribution is -2.64. The number of phenolic OH excluding ortho intramolecular Hbond substituents is 1. The van der Waals surface area contributed by atoms with Gasteiger partial charge in [0.15, 0.2) is 0 Å². The third-order valence-corrected chi connectivity index (χ3v) is 5.98. The van der Waals surface area contributed by atoms with Gasteiger partial charge in [-0.25, -0.2) is 4.79 Å². The van der Waals surface area contributed by atoms with Crippen LogP contribution in [0.4, 0.5) is 10.5 Å². The quantitative estimate of drug-likeness (QED) is 0.262. The molecule has 1 aliphatic rings.